The molecule has 0 spiro atoms. The minimum absolute atomic E-state index is 0.0804. The number of nitrogens with zero attached hydrogens (tertiary/aromatic N) is 2. The van der Waals surface area contributed by atoms with Gasteiger partial charge < -0.3 is 4.90 Å². The molecule has 0 aliphatic carbocycles. The van der Waals surface area contributed by atoms with E-state index in [9.17, 15) is 13.6 Å². The second-order valence-electron chi connectivity index (χ2n) is 6.73. The molecule has 26 heavy (non-hydrogen) atoms. The molecule has 0 aromatic heterocycles. The Bertz CT molecular complexity index is 733. The van der Waals surface area contributed by atoms with Gasteiger partial charge in [0.25, 0.3) is 0 Å². The van der Waals surface area contributed by atoms with Crippen LogP contribution in [0.3, 0.4) is 0 Å². The molecule has 1 aliphatic heterocycles. The van der Waals surface area contributed by atoms with E-state index in [1.54, 1.807) is 30.3 Å². The van der Waals surface area contributed by atoms with Crippen LogP contribution >= 0.6 is 0 Å². The number of carbonyl (C=O) groups is 1. The fourth-order valence-electron chi connectivity index (χ4n) is 3.33. The monoisotopic (exact) mass is 358 g/mol. The molecule has 0 bridgehead atoms. The third-order valence-electron chi connectivity index (χ3n) is 4.83. The molecule has 1 amide bonds. The quantitative estimate of drug-likeness (QED) is 0.815. The van der Waals surface area contributed by atoms with Gasteiger partial charge in [0, 0.05) is 39.1 Å². The van der Waals surface area contributed by atoms with Gasteiger partial charge in [0.2, 0.25) is 5.91 Å². The van der Waals surface area contributed by atoms with E-state index in [1.165, 1.54) is 18.2 Å². The second-order valence-corrected chi connectivity index (χ2v) is 6.73. The SMILES string of the molecule is O=C(CCc1ccccc1F)N1CCCN(Cc2ccc(F)cc2)CC1. The first-order valence-corrected chi connectivity index (χ1v) is 9.10. The summed E-state index contributed by atoms with van der Waals surface area (Å²) in [5.41, 5.74) is 1.67. The van der Waals surface area contributed by atoms with Crippen LogP contribution in [0.25, 0.3) is 0 Å². The van der Waals surface area contributed by atoms with Crippen molar-refractivity contribution in [2.24, 2.45) is 0 Å². The van der Waals surface area contributed by atoms with Crippen LogP contribution in [0.15, 0.2) is 48.5 Å². The van der Waals surface area contributed by atoms with Crippen molar-refractivity contribution in [1.82, 2.24) is 9.80 Å². The molecular weight excluding hydrogens is 334 g/mol. The van der Waals surface area contributed by atoms with E-state index in [1.807, 2.05) is 4.90 Å². The van der Waals surface area contributed by atoms with Gasteiger partial charge in [-0.05, 0) is 42.2 Å². The standard InChI is InChI=1S/C21H24F2N2O/c22-19-9-6-17(7-10-19)16-24-12-3-13-25(15-14-24)21(26)11-8-18-4-1-2-5-20(18)23/h1-2,4-7,9-10H,3,8,11-16H2. The Morgan fingerprint density at radius 1 is 0.923 bits per heavy atom. The van der Waals surface area contributed by atoms with Gasteiger partial charge in [-0.2, -0.15) is 0 Å². The molecule has 0 saturated carbocycles. The highest BCUT2D eigenvalue weighted by Gasteiger charge is 2.19. The zero-order valence-electron chi connectivity index (χ0n) is 14.8. The second kappa shape index (κ2) is 8.90. The first-order valence-electron chi connectivity index (χ1n) is 9.10. The number of hydrogen-bond donors (Lipinski definition) is 0. The number of aryl methyl sites for hydroxylation is 1. The van der Waals surface area contributed by atoms with Gasteiger partial charge >= 0.3 is 0 Å². The largest absolute Gasteiger partial charge is 0.341 e. The predicted molar refractivity (Wildman–Crippen MR) is 97.6 cm³/mol. The van der Waals surface area contributed by atoms with Crippen molar-refractivity contribution in [3.8, 4) is 0 Å². The summed E-state index contributed by atoms with van der Waals surface area (Å²) >= 11 is 0. The third kappa shape index (κ3) is 5.11. The molecular formula is C21H24F2N2O. The van der Waals surface area contributed by atoms with Crippen molar-refractivity contribution in [3.63, 3.8) is 0 Å². The van der Waals surface area contributed by atoms with E-state index in [-0.39, 0.29) is 17.5 Å². The molecule has 2 aromatic carbocycles. The molecule has 1 aliphatic rings. The maximum absolute atomic E-state index is 13.7. The number of amides is 1. The highest BCUT2D eigenvalue weighted by molar-refractivity contribution is 5.76. The summed E-state index contributed by atoms with van der Waals surface area (Å²) in [6.07, 6.45) is 1.67. The molecule has 0 unspecified atom stereocenters. The first kappa shape index (κ1) is 18.5. The van der Waals surface area contributed by atoms with E-state index < -0.39 is 0 Å². The molecule has 3 rings (SSSR count). The van der Waals surface area contributed by atoms with Gasteiger partial charge in [-0.1, -0.05) is 30.3 Å². The minimum atomic E-state index is -0.248. The van der Waals surface area contributed by atoms with Gasteiger partial charge in [0.05, 0.1) is 0 Å². The number of benzene rings is 2. The van der Waals surface area contributed by atoms with Crippen LogP contribution < -0.4 is 0 Å². The molecule has 0 radical (unpaired) electrons. The van der Waals surface area contributed by atoms with Gasteiger partial charge in [-0.25, -0.2) is 8.78 Å². The lowest BCUT2D eigenvalue weighted by Gasteiger charge is -2.22. The highest BCUT2D eigenvalue weighted by atomic mass is 19.1. The van der Waals surface area contributed by atoms with Crippen LogP contribution in [0.4, 0.5) is 8.78 Å². The van der Waals surface area contributed by atoms with Gasteiger partial charge in [0.1, 0.15) is 11.6 Å². The molecule has 1 saturated heterocycles. The molecule has 5 heteroatoms. The summed E-state index contributed by atoms with van der Waals surface area (Å²) in [5, 5.41) is 0. The summed E-state index contributed by atoms with van der Waals surface area (Å²) in [5.74, 6) is -0.394. The van der Waals surface area contributed by atoms with E-state index in [2.05, 4.69) is 4.90 Å². The Kier molecular flexibility index (Phi) is 6.34. The molecule has 0 N–H and O–H groups in total. The lowest BCUT2D eigenvalue weighted by atomic mass is 10.1. The number of rotatable bonds is 5. The molecule has 1 heterocycles. The fourth-order valence-corrected chi connectivity index (χ4v) is 3.33. The summed E-state index contributed by atoms with van der Waals surface area (Å²) in [6.45, 7) is 3.88. The number of hydrogen-bond acceptors (Lipinski definition) is 2. The molecule has 3 nitrogen and oxygen atoms in total. The summed E-state index contributed by atoms with van der Waals surface area (Å²) in [6, 6.07) is 13.2. The van der Waals surface area contributed by atoms with Crippen molar-refractivity contribution >= 4 is 5.91 Å². The average molecular weight is 358 g/mol. The highest BCUT2D eigenvalue weighted by Crippen LogP contribution is 2.13. The van der Waals surface area contributed by atoms with Crippen molar-refractivity contribution in [3.05, 3.63) is 71.3 Å². The zero-order valence-corrected chi connectivity index (χ0v) is 14.8. The van der Waals surface area contributed by atoms with Crippen LogP contribution in [0.5, 0.6) is 0 Å². The minimum Gasteiger partial charge on any atom is -0.341 e. The van der Waals surface area contributed by atoms with Crippen LogP contribution in [0.2, 0.25) is 0 Å². The van der Waals surface area contributed by atoms with Gasteiger partial charge in [-0.15, -0.1) is 0 Å². The maximum Gasteiger partial charge on any atom is 0.222 e. The topological polar surface area (TPSA) is 23.6 Å². The smallest absolute Gasteiger partial charge is 0.222 e. The van der Waals surface area contributed by atoms with E-state index in [0.717, 1.165) is 38.2 Å². The summed E-state index contributed by atoms with van der Waals surface area (Å²) < 4.78 is 26.7. The van der Waals surface area contributed by atoms with E-state index >= 15 is 0 Å². The molecule has 2 aromatic rings. The molecule has 0 atom stereocenters. The van der Waals surface area contributed by atoms with Crippen molar-refractivity contribution < 1.29 is 13.6 Å². The van der Waals surface area contributed by atoms with Crippen molar-refractivity contribution in [1.29, 1.82) is 0 Å². The third-order valence-corrected chi connectivity index (χ3v) is 4.83. The Morgan fingerprint density at radius 2 is 1.69 bits per heavy atom. The van der Waals surface area contributed by atoms with E-state index in [0.29, 0.717) is 24.9 Å². The average Bonchev–Trinajstić information content (AvgIpc) is 2.88. The van der Waals surface area contributed by atoms with Gasteiger partial charge in [-0.3, -0.25) is 9.69 Å². The van der Waals surface area contributed by atoms with Crippen molar-refractivity contribution in [2.45, 2.75) is 25.8 Å². The van der Waals surface area contributed by atoms with E-state index in [4.69, 9.17) is 0 Å². The summed E-state index contributed by atoms with van der Waals surface area (Å²) in [4.78, 5) is 16.7. The molecule has 1 fully saturated rings. The zero-order chi connectivity index (χ0) is 18.4. The Balaban J connectivity index is 1.49. The fraction of sp³-hybridized carbons (Fsp3) is 0.381. The lowest BCUT2D eigenvalue weighted by Crippen LogP contribution is -2.35. The Hall–Kier alpha value is -2.27. The lowest BCUT2D eigenvalue weighted by molar-refractivity contribution is -0.131. The first-order chi connectivity index (χ1) is 12.6. The normalized spacial score (nSPS) is 15.7. The van der Waals surface area contributed by atoms with Crippen LogP contribution in [0.1, 0.15) is 24.0 Å². The maximum atomic E-state index is 13.7. The Labute approximate surface area is 153 Å². The Morgan fingerprint density at radius 3 is 2.46 bits per heavy atom. The van der Waals surface area contributed by atoms with Crippen LogP contribution in [-0.4, -0.2) is 41.9 Å². The predicted octanol–water partition coefficient (Wildman–Crippen LogP) is 3.63. The van der Waals surface area contributed by atoms with Crippen molar-refractivity contribution in [2.75, 3.05) is 26.2 Å². The van der Waals surface area contributed by atoms with Crippen LogP contribution in [-0.2, 0) is 17.8 Å². The summed E-state index contributed by atoms with van der Waals surface area (Å²) in [7, 11) is 0. The van der Waals surface area contributed by atoms with Crippen LogP contribution in [0, 0.1) is 11.6 Å². The number of halogens is 2. The number of carbonyl (C=O) groups excluding carboxylic acids is 1. The van der Waals surface area contributed by atoms with Gasteiger partial charge in [0.15, 0.2) is 0 Å². The molecule has 138 valence electrons.